The van der Waals surface area contributed by atoms with Gasteiger partial charge in [0.2, 0.25) is 5.91 Å². The predicted octanol–water partition coefficient (Wildman–Crippen LogP) is 1.79. The third-order valence-corrected chi connectivity index (χ3v) is 5.08. The fourth-order valence-corrected chi connectivity index (χ4v) is 3.90. The second-order valence-electron chi connectivity index (χ2n) is 6.57. The molecule has 5 nitrogen and oxygen atoms in total. The molecule has 1 amide bonds. The fourth-order valence-electron chi connectivity index (χ4n) is 3.90. The summed E-state index contributed by atoms with van der Waals surface area (Å²) in [6.07, 6.45) is 7.21. The number of aromatic nitrogens is 2. The molecule has 0 saturated heterocycles. The lowest BCUT2D eigenvalue weighted by molar-refractivity contribution is -0.120. The number of hydrogen-bond acceptors (Lipinski definition) is 3. The molecule has 0 aliphatic heterocycles. The molecule has 1 aromatic heterocycles. The molecule has 2 N–H and O–H groups in total. The number of rotatable bonds is 4. The van der Waals surface area contributed by atoms with Gasteiger partial charge in [0.1, 0.15) is 0 Å². The zero-order valence-corrected chi connectivity index (χ0v) is 12.8. The third kappa shape index (κ3) is 2.67. The van der Waals surface area contributed by atoms with Crippen LogP contribution in [0.2, 0.25) is 0 Å². The topological polar surface area (TPSA) is 74.8 Å². The van der Waals surface area contributed by atoms with Crippen molar-refractivity contribution in [2.45, 2.75) is 19.3 Å². The first kappa shape index (κ1) is 14.2. The molecular weight excluding hydrogens is 290 g/mol. The Labute approximate surface area is 133 Å². The van der Waals surface area contributed by atoms with Gasteiger partial charge in [-0.2, -0.15) is 5.10 Å². The Bertz CT molecular complexity index is 840. The molecule has 2 aliphatic rings. The molecule has 0 radical (unpaired) electrons. The molecule has 2 aliphatic carbocycles. The molecule has 2 bridgehead atoms. The molecule has 0 spiro atoms. The highest BCUT2D eigenvalue weighted by Gasteiger charge is 2.35. The summed E-state index contributed by atoms with van der Waals surface area (Å²) in [5.74, 6) is 1.87. The number of hydrogen-bond donors (Lipinski definition) is 2. The number of carbonyl (C=O) groups excluding carboxylic acids is 1. The number of allylic oxidation sites excluding steroid dienone is 2. The maximum Gasteiger partial charge on any atom is 0.272 e. The zero-order valence-electron chi connectivity index (χ0n) is 12.8. The van der Waals surface area contributed by atoms with Crippen LogP contribution in [-0.4, -0.2) is 22.6 Å². The highest BCUT2D eigenvalue weighted by Crippen LogP contribution is 2.42. The summed E-state index contributed by atoms with van der Waals surface area (Å²) in [6.45, 7) is 0.728. The van der Waals surface area contributed by atoms with Crippen molar-refractivity contribution in [2.24, 2.45) is 17.8 Å². The smallest absolute Gasteiger partial charge is 0.272 e. The van der Waals surface area contributed by atoms with E-state index in [0.717, 1.165) is 11.9 Å². The quantitative estimate of drug-likeness (QED) is 0.846. The van der Waals surface area contributed by atoms with Gasteiger partial charge in [0.15, 0.2) is 0 Å². The normalized spacial score (nSPS) is 25.1. The van der Waals surface area contributed by atoms with Crippen molar-refractivity contribution in [3.63, 3.8) is 0 Å². The minimum absolute atomic E-state index is 0.0403. The highest BCUT2D eigenvalue weighted by molar-refractivity contribution is 5.88. The number of H-pyrrole nitrogens is 1. The summed E-state index contributed by atoms with van der Waals surface area (Å²) in [5, 5.41) is 10.9. The first-order chi connectivity index (χ1) is 11.2. The van der Waals surface area contributed by atoms with E-state index in [1.165, 1.54) is 12.8 Å². The predicted molar refractivity (Wildman–Crippen MR) is 87.9 cm³/mol. The van der Waals surface area contributed by atoms with E-state index in [2.05, 4.69) is 27.7 Å². The van der Waals surface area contributed by atoms with E-state index >= 15 is 0 Å². The van der Waals surface area contributed by atoms with Crippen LogP contribution in [0.3, 0.4) is 0 Å². The molecule has 5 heteroatoms. The van der Waals surface area contributed by atoms with Gasteiger partial charge in [-0.25, -0.2) is 5.10 Å². The van der Waals surface area contributed by atoms with Gasteiger partial charge in [-0.05, 0) is 36.7 Å². The first-order valence-electron chi connectivity index (χ1n) is 8.12. The van der Waals surface area contributed by atoms with Crippen LogP contribution in [0.4, 0.5) is 0 Å². The van der Waals surface area contributed by atoms with Crippen LogP contribution in [0.15, 0.2) is 41.2 Å². The summed E-state index contributed by atoms with van der Waals surface area (Å²) in [5.41, 5.74) is 0.393. The van der Waals surface area contributed by atoms with E-state index in [-0.39, 0.29) is 17.9 Å². The molecule has 4 rings (SSSR count). The Balaban J connectivity index is 1.44. The number of amides is 1. The average molecular weight is 309 g/mol. The molecule has 1 saturated carbocycles. The molecule has 1 aromatic carbocycles. The number of carbonyl (C=O) groups is 1. The van der Waals surface area contributed by atoms with Crippen molar-refractivity contribution in [1.82, 2.24) is 15.5 Å². The van der Waals surface area contributed by atoms with E-state index in [1.807, 2.05) is 18.2 Å². The monoisotopic (exact) mass is 309 g/mol. The zero-order chi connectivity index (χ0) is 15.8. The summed E-state index contributed by atoms with van der Waals surface area (Å²) in [4.78, 5) is 24.0. The molecule has 1 heterocycles. The number of aromatic amines is 1. The molecule has 118 valence electrons. The summed E-state index contributed by atoms with van der Waals surface area (Å²) in [6, 6.07) is 7.25. The van der Waals surface area contributed by atoms with E-state index in [0.29, 0.717) is 28.8 Å². The van der Waals surface area contributed by atoms with Crippen LogP contribution < -0.4 is 10.9 Å². The van der Waals surface area contributed by atoms with Crippen LogP contribution >= 0.6 is 0 Å². The van der Waals surface area contributed by atoms with Crippen LogP contribution in [0.25, 0.3) is 10.8 Å². The lowest BCUT2D eigenvalue weighted by Gasteiger charge is -2.18. The lowest BCUT2D eigenvalue weighted by Crippen LogP contribution is -2.32. The Hall–Kier alpha value is -2.43. The molecular formula is C18H19N3O2. The minimum Gasteiger partial charge on any atom is -0.355 e. The minimum atomic E-state index is -0.224. The highest BCUT2D eigenvalue weighted by atomic mass is 16.1. The molecule has 1 fully saturated rings. The second kappa shape index (κ2) is 5.65. The van der Waals surface area contributed by atoms with Crippen LogP contribution in [0.5, 0.6) is 0 Å². The van der Waals surface area contributed by atoms with Crippen LogP contribution in [0, 0.1) is 17.8 Å². The van der Waals surface area contributed by atoms with Crippen molar-refractivity contribution >= 4 is 16.7 Å². The second-order valence-corrected chi connectivity index (χ2v) is 6.57. The van der Waals surface area contributed by atoms with Gasteiger partial charge in [0, 0.05) is 11.9 Å². The van der Waals surface area contributed by atoms with E-state index in [1.54, 1.807) is 6.07 Å². The molecule has 3 atom stereocenters. The average Bonchev–Trinajstić information content (AvgIpc) is 3.19. The molecule has 3 unspecified atom stereocenters. The van der Waals surface area contributed by atoms with E-state index < -0.39 is 0 Å². The number of nitrogens with one attached hydrogen (secondary N) is 2. The number of nitrogens with zero attached hydrogens (tertiary/aromatic N) is 1. The molecule has 23 heavy (non-hydrogen) atoms. The van der Waals surface area contributed by atoms with Gasteiger partial charge >= 0.3 is 0 Å². The van der Waals surface area contributed by atoms with Gasteiger partial charge < -0.3 is 5.32 Å². The Morgan fingerprint density at radius 3 is 2.78 bits per heavy atom. The van der Waals surface area contributed by atoms with Gasteiger partial charge in [-0.1, -0.05) is 30.4 Å². The fraction of sp³-hybridized carbons (Fsp3) is 0.389. The maximum atomic E-state index is 12.2. The summed E-state index contributed by atoms with van der Waals surface area (Å²) < 4.78 is 0. The first-order valence-corrected chi connectivity index (χ1v) is 8.12. The Morgan fingerprint density at radius 2 is 2.04 bits per heavy atom. The standard InChI is InChI=1S/C18H19N3O2/c22-17(19-10-13-8-11-5-6-12(13)7-11)9-16-14-3-1-2-4-15(14)18(23)21-20-16/h1-6,11-13H,7-10H2,(H,19,22)(H,21,23). The van der Waals surface area contributed by atoms with Gasteiger partial charge in [0.25, 0.3) is 5.56 Å². The summed E-state index contributed by atoms with van der Waals surface area (Å²) in [7, 11) is 0. The SMILES string of the molecule is O=C(Cc1n[nH]c(=O)c2ccccc12)NCC1CC2C=CC1C2. The van der Waals surface area contributed by atoms with Crippen molar-refractivity contribution in [1.29, 1.82) is 0 Å². The van der Waals surface area contributed by atoms with E-state index in [4.69, 9.17) is 0 Å². The van der Waals surface area contributed by atoms with Crippen LogP contribution in [0.1, 0.15) is 18.5 Å². The van der Waals surface area contributed by atoms with Crippen molar-refractivity contribution in [3.8, 4) is 0 Å². The Morgan fingerprint density at radius 1 is 1.22 bits per heavy atom. The van der Waals surface area contributed by atoms with Gasteiger partial charge in [0.05, 0.1) is 17.5 Å². The summed E-state index contributed by atoms with van der Waals surface area (Å²) >= 11 is 0. The van der Waals surface area contributed by atoms with Crippen LogP contribution in [-0.2, 0) is 11.2 Å². The largest absolute Gasteiger partial charge is 0.355 e. The van der Waals surface area contributed by atoms with Crippen molar-refractivity contribution in [2.75, 3.05) is 6.54 Å². The number of fused-ring (bicyclic) bond motifs is 3. The van der Waals surface area contributed by atoms with Gasteiger partial charge in [-0.15, -0.1) is 0 Å². The van der Waals surface area contributed by atoms with Crippen molar-refractivity contribution < 1.29 is 4.79 Å². The lowest BCUT2D eigenvalue weighted by atomic mass is 9.93. The Kier molecular flexibility index (Phi) is 3.48. The van der Waals surface area contributed by atoms with Crippen molar-refractivity contribution in [3.05, 3.63) is 52.5 Å². The van der Waals surface area contributed by atoms with E-state index in [9.17, 15) is 9.59 Å². The number of benzene rings is 1. The maximum absolute atomic E-state index is 12.2. The third-order valence-electron chi connectivity index (χ3n) is 5.08. The molecule has 2 aromatic rings. The van der Waals surface area contributed by atoms with Gasteiger partial charge in [-0.3, -0.25) is 9.59 Å².